The van der Waals surface area contributed by atoms with Gasteiger partial charge in [-0.1, -0.05) is 48.0 Å². The second kappa shape index (κ2) is 6.09. The highest BCUT2D eigenvalue weighted by Gasteiger charge is 2.08. The average Bonchev–Trinajstić information content (AvgIpc) is 2.36. The standard InChI is InChI=1S/C16H19NO2S/c1-13-6-5-7-14(10-13)11-17-16-9-4-3-8-15(16)12-20(2,18)19/h3-10,17H,11-12H2,1-2H3. The molecule has 106 valence electrons. The van der Waals surface area contributed by atoms with Gasteiger partial charge in [0, 0.05) is 18.5 Å². The zero-order valence-corrected chi connectivity index (χ0v) is 12.6. The predicted octanol–water partition coefficient (Wildman–Crippen LogP) is 3.15. The Morgan fingerprint density at radius 2 is 1.80 bits per heavy atom. The largest absolute Gasteiger partial charge is 0.381 e. The lowest BCUT2D eigenvalue weighted by atomic mass is 10.1. The summed E-state index contributed by atoms with van der Waals surface area (Å²) in [6, 6.07) is 15.8. The fraction of sp³-hybridized carbons (Fsp3) is 0.250. The lowest BCUT2D eigenvalue weighted by molar-refractivity contribution is 0.601. The minimum absolute atomic E-state index is 0.0595. The molecule has 0 aliphatic rings. The van der Waals surface area contributed by atoms with E-state index in [4.69, 9.17) is 0 Å². The van der Waals surface area contributed by atoms with Gasteiger partial charge >= 0.3 is 0 Å². The van der Waals surface area contributed by atoms with Crippen molar-refractivity contribution in [1.82, 2.24) is 0 Å². The highest BCUT2D eigenvalue weighted by Crippen LogP contribution is 2.18. The van der Waals surface area contributed by atoms with Crippen LogP contribution in [0.2, 0.25) is 0 Å². The van der Waals surface area contributed by atoms with E-state index in [1.54, 1.807) is 0 Å². The second-order valence-corrected chi connectivity index (χ2v) is 7.21. The molecule has 0 unspecified atom stereocenters. The van der Waals surface area contributed by atoms with Gasteiger partial charge in [0.15, 0.2) is 9.84 Å². The highest BCUT2D eigenvalue weighted by molar-refractivity contribution is 7.89. The fourth-order valence-electron chi connectivity index (χ4n) is 2.12. The predicted molar refractivity (Wildman–Crippen MR) is 83.5 cm³/mol. The van der Waals surface area contributed by atoms with Crippen LogP contribution in [0.25, 0.3) is 0 Å². The maximum Gasteiger partial charge on any atom is 0.151 e. The van der Waals surface area contributed by atoms with Gasteiger partial charge in [-0.25, -0.2) is 8.42 Å². The summed E-state index contributed by atoms with van der Waals surface area (Å²) in [5.41, 5.74) is 4.08. The van der Waals surface area contributed by atoms with Crippen molar-refractivity contribution >= 4 is 15.5 Å². The number of aryl methyl sites for hydroxylation is 1. The number of nitrogens with one attached hydrogen (secondary N) is 1. The third kappa shape index (κ3) is 4.38. The van der Waals surface area contributed by atoms with Gasteiger partial charge in [-0.05, 0) is 24.1 Å². The van der Waals surface area contributed by atoms with Crippen molar-refractivity contribution in [3.8, 4) is 0 Å². The summed E-state index contributed by atoms with van der Waals surface area (Å²) < 4.78 is 22.9. The molecule has 0 fully saturated rings. The summed E-state index contributed by atoms with van der Waals surface area (Å²) in [5.74, 6) is 0.0595. The van der Waals surface area contributed by atoms with Crippen LogP contribution in [0.1, 0.15) is 16.7 Å². The van der Waals surface area contributed by atoms with E-state index in [1.807, 2.05) is 30.3 Å². The molecule has 0 bridgehead atoms. The van der Waals surface area contributed by atoms with E-state index in [1.165, 1.54) is 17.4 Å². The molecule has 2 aromatic rings. The van der Waals surface area contributed by atoms with Crippen LogP contribution in [-0.4, -0.2) is 14.7 Å². The molecule has 0 amide bonds. The number of hydrogen-bond acceptors (Lipinski definition) is 3. The first kappa shape index (κ1) is 14.6. The lowest BCUT2D eigenvalue weighted by Crippen LogP contribution is -2.06. The van der Waals surface area contributed by atoms with Gasteiger partial charge in [-0.3, -0.25) is 0 Å². The monoisotopic (exact) mass is 289 g/mol. The molecule has 2 rings (SSSR count). The molecule has 0 atom stereocenters. The van der Waals surface area contributed by atoms with E-state index in [-0.39, 0.29) is 5.75 Å². The van der Waals surface area contributed by atoms with E-state index in [2.05, 4.69) is 30.4 Å². The van der Waals surface area contributed by atoms with Crippen molar-refractivity contribution < 1.29 is 8.42 Å². The van der Waals surface area contributed by atoms with Crippen LogP contribution in [0.4, 0.5) is 5.69 Å². The highest BCUT2D eigenvalue weighted by atomic mass is 32.2. The van der Waals surface area contributed by atoms with Crippen molar-refractivity contribution in [2.75, 3.05) is 11.6 Å². The Kier molecular flexibility index (Phi) is 4.45. The van der Waals surface area contributed by atoms with E-state index in [0.717, 1.165) is 11.3 Å². The minimum atomic E-state index is -3.03. The first-order chi connectivity index (χ1) is 9.44. The summed E-state index contributed by atoms with van der Waals surface area (Å²) >= 11 is 0. The molecule has 0 radical (unpaired) electrons. The van der Waals surface area contributed by atoms with E-state index in [9.17, 15) is 8.42 Å². The topological polar surface area (TPSA) is 46.2 Å². The lowest BCUT2D eigenvalue weighted by Gasteiger charge is -2.12. The normalized spacial score (nSPS) is 11.3. The molecule has 20 heavy (non-hydrogen) atoms. The van der Waals surface area contributed by atoms with E-state index >= 15 is 0 Å². The number of benzene rings is 2. The number of hydrogen-bond donors (Lipinski definition) is 1. The van der Waals surface area contributed by atoms with Crippen LogP contribution in [0.3, 0.4) is 0 Å². The summed E-state index contributed by atoms with van der Waals surface area (Å²) in [6.07, 6.45) is 1.25. The number of para-hydroxylation sites is 1. The van der Waals surface area contributed by atoms with Crippen molar-refractivity contribution in [3.63, 3.8) is 0 Å². The molecule has 1 N–H and O–H groups in total. The number of rotatable bonds is 5. The molecule has 0 saturated heterocycles. The van der Waals surface area contributed by atoms with Crippen molar-refractivity contribution in [3.05, 3.63) is 65.2 Å². The third-order valence-corrected chi connectivity index (χ3v) is 3.84. The second-order valence-electron chi connectivity index (χ2n) is 5.07. The first-order valence-electron chi connectivity index (χ1n) is 6.49. The van der Waals surface area contributed by atoms with Gasteiger partial charge in [0.1, 0.15) is 0 Å². The van der Waals surface area contributed by atoms with Crippen molar-refractivity contribution in [2.45, 2.75) is 19.2 Å². The SMILES string of the molecule is Cc1cccc(CNc2ccccc2CS(C)(=O)=O)c1. The maximum absolute atomic E-state index is 11.4. The van der Waals surface area contributed by atoms with Crippen LogP contribution in [-0.2, 0) is 22.1 Å². The molecule has 0 saturated carbocycles. The van der Waals surface area contributed by atoms with Crippen LogP contribution >= 0.6 is 0 Å². The Morgan fingerprint density at radius 3 is 2.50 bits per heavy atom. The number of sulfone groups is 1. The van der Waals surface area contributed by atoms with Gasteiger partial charge < -0.3 is 5.32 Å². The smallest absolute Gasteiger partial charge is 0.151 e. The Morgan fingerprint density at radius 1 is 1.05 bits per heavy atom. The summed E-state index contributed by atoms with van der Waals surface area (Å²) in [6.45, 7) is 2.74. The van der Waals surface area contributed by atoms with Crippen LogP contribution in [0.5, 0.6) is 0 Å². The summed E-state index contributed by atoms with van der Waals surface area (Å²) in [4.78, 5) is 0. The molecule has 0 aromatic heterocycles. The Hall–Kier alpha value is -1.81. The van der Waals surface area contributed by atoms with Crippen LogP contribution < -0.4 is 5.32 Å². The van der Waals surface area contributed by atoms with Gasteiger partial charge in [0.2, 0.25) is 0 Å². The molecule has 2 aromatic carbocycles. The van der Waals surface area contributed by atoms with Gasteiger partial charge in [-0.2, -0.15) is 0 Å². The van der Waals surface area contributed by atoms with Gasteiger partial charge in [-0.15, -0.1) is 0 Å². The molecule has 0 aliphatic heterocycles. The molecular formula is C16H19NO2S. The first-order valence-corrected chi connectivity index (χ1v) is 8.55. The fourth-order valence-corrected chi connectivity index (χ4v) is 2.94. The quantitative estimate of drug-likeness (QED) is 0.919. The van der Waals surface area contributed by atoms with Crippen LogP contribution in [0.15, 0.2) is 48.5 Å². The molecule has 4 heteroatoms. The Labute approximate surface area is 120 Å². The Bertz CT molecular complexity index is 693. The van der Waals surface area contributed by atoms with Crippen molar-refractivity contribution in [1.29, 1.82) is 0 Å². The zero-order chi connectivity index (χ0) is 14.6. The van der Waals surface area contributed by atoms with E-state index in [0.29, 0.717) is 6.54 Å². The summed E-state index contributed by atoms with van der Waals surface area (Å²) in [7, 11) is -3.03. The Balaban J connectivity index is 2.13. The van der Waals surface area contributed by atoms with E-state index < -0.39 is 9.84 Å². The molecule has 0 aliphatic carbocycles. The number of anilines is 1. The average molecular weight is 289 g/mol. The minimum Gasteiger partial charge on any atom is -0.381 e. The zero-order valence-electron chi connectivity index (χ0n) is 11.8. The molecular weight excluding hydrogens is 270 g/mol. The summed E-state index contributed by atoms with van der Waals surface area (Å²) in [5, 5.41) is 3.31. The van der Waals surface area contributed by atoms with Crippen molar-refractivity contribution in [2.24, 2.45) is 0 Å². The van der Waals surface area contributed by atoms with Gasteiger partial charge in [0.25, 0.3) is 0 Å². The molecule has 3 nitrogen and oxygen atoms in total. The van der Waals surface area contributed by atoms with Gasteiger partial charge in [0.05, 0.1) is 5.75 Å². The third-order valence-electron chi connectivity index (χ3n) is 3.00. The maximum atomic E-state index is 11.4. The molecule has 0 heterocycles. The molecule has 0 spiro atoms. The van der Waals surface area contributed by atoms with Crippen LogP contribution in [0, 0.1) is 6.92 Å².